The highest BCUT2D eigenvalue weighted by molar-refractivity contribution is 6.39. The summed E-state index contributed by atoms with van der Waals surface area (Å²) in [5, 5.41) is 10.5. The predicted molar refractivity (Wildman–Crippen MR) is 153 cm³/mol. The number of likely N-dealkylation sites (tertiary alicyclic amines) is 1. The average Bonchev–Trinajstić information content (AvgIpc) is 3.53. The lowest BCUT2D eigenvalue weighted by atomic mass is 9.78. The molecule has 4 aliphatic carbocycles. The summed E-state index contributed by atoms with van der Waals surface area (Å²) >= 11 is 0. The van der Waals surface area contributed by atoms with E-state index >= 15 is 0 Å². The molecule has 1 saturated heterocycles. The zero-order valence-corrected chi connectivity index (χ0v) is 23.7. The number of anilines is 1. The van der Waals surface area contributed by atoms with Crippen LogP contribution in [0.3, 0.4) is 0 Å². The summed E-state index contributed by atoms with van der Waals surface area (Å²) in [7, 11) is 2.20. The fourth-order valence-corrected chi connectivity index (χ4v) is 6.35. The number of fused-ring (bicyclic) bond motifs is 1. The molecule has 4 bridgehead atoms. The molecule has 0 spiro atoms. The molecule has 0 aromatic carbocycles. The van der Waals surface area contributed by atoms with Crippen LogP contribution in [0.4, 0.5) is 5.69 Å². The van der Waals surface area contributed by atoms with Gasteiger partial charge >= 0.3 is 0 Å². The molecule has 7 rings (SSSR count). The summed E-state index contributed by atoms with van der Waals surface area (Å²) in [5.41, 5.74) is 11.9. The minimum atomic E-state index is -0.684. The Hall–Kier alpha value is -2.78. The normalized spacial score (nSPS) is 28.1. The maximum atomic E-state index is 11.8. The number of hydrogen-bond donors (Lipinski definition) is 4. The van der Waals surface area contributed by atoms with Crippen LogP contribution in [0, 0.1) is 23.7 Å². The number of nitrogens with one attached hydrogen (secondary N) is 1. The third kappa shape index (κ3) is 7.20. The maximum absolute atomic E-state index is 11.8. The Labute approximate surface area is 226 Å². The van der Waals surface area contributed by atoms with Gasteiger partial charge < -0.3 is 26.5 Å². The van der Waals surface area contributed by atoms with Gasteiger partial charge in [-0.25, -0.2) is 4.98 Å². The number of nitrogen functional groups attached to an aromatic ring is 1. The van der Waals surface area contributed by atoms with Crippen LogP contribution in [-0.2, 0) is 4.79 Å². The summed E-state index contributed by atoms with van der Waals surface area (Å²) in [6.45, 7) is 10.2. The van der Waals surface area contributed by atoms with E-state index in [1.807, 2.05) is 13.8 Å². The van der Waals surface area contributed by atoms with Crippen molar-refractivity contribution in [3.63, 3.8) is 0 Å². The number of hydrogen-bond acceptors (Lipinski definition) is 6. The van der Waals surface area contributed by atoms with E-state index < -0.39 is 11.7 Å². The number of aromatic amines is 1. The molecule has 6 N–H and O–H groups in total. The molecule has 9 nitrogen and oxygen atoms in total. The Morgan fingerprint density at radius 3 is 2.26 bits per heavy atom. The van der Waals surface area contributed by atoms with Gasteiger partial charge in [0.2, 0.25) is 0 Å². The third-order valence-corrected chi connectivity index (χ3v) is 8.34. The van der Waals surface area contributed by atoms with E-state index in [0.717, 1.165) is 42.9 Å². The molecule has 2 aromatic rings. The van der Waals surface area contributed by atoms with Crippen molar-refractivity contribution in [1.29, 1.82) is 0 Å². The molecule has 2 atom stereocenters. The van der Waals surface area contributed by atoms with Crippen molar-refractivity contribution in [3.8, 4) is 0 Å². The summed E-state index contributed by atoms with van der Waals surface area (Å²) in [6, 6.07) is 1.70. The molecule has 1 aliphatic heterocycles. The van der Waals surface area contributed by atoms with Gasteiger partial charge in [0.25, 0.3) is 5.91 Å². The number of aliphatic hydroxyl groups is 1. The number of amides is 1. The van der Waals surface area contributed by atoms with Crippen molar-refractivity contribution in [1.82, 2.24) is 14.9 Å². The number of nitrogens with two attached hydrogens (primary N) is 2. The smallest absolute Gasteiger partial charge is 0.282 e. The van der Waals surface area contributed by atoms with Crippen molar-refractivity contribution >= 4 is 34.2 Å². The van der Waals surface area contributed by atoms with Gasteiger partial charge in [-0.05, 0) is 94.8 Å². The summed E-state index contributed by atoms with van der Waals surface area (Å²) in [5.74, 6) is 2.21. The van der Waals surface area contributed by atoms with Gasteiger partial charge in [-0.15, -0.1) is 0 Å². The first kappa shape index (κ1) is 29.8. The van der Waals surface area contributed by atoms with E-state index in [1.54, 1.807) is 12.3 Å². The average molecular weight is 527 g/mol. The zero-order valence-electron chi connectivity index (χ0n) is 23.7. The molecule has 5 fully saturated rings. The molecule has 5 aliphatic rings. The molecule has 3 heterocycles. The Balaban J connectivity index is 0.000000167. The fourth-order valence-electron chi connectivity index (χ4n) is 6.35. The summed E-state index contributed by atoms with van der Waals surface area (Å²) in [6.07, 6.45) is 12.0. The zero-order chi connectivity index (χ0) is 28.0. The number of rotatable bonds is 2. The largest absolute Gasteiger partial charge is 0.397 e. The molecular formula is C29H46N6O3. The number of Topliss-reactive ketones (excluding diaryl/α,β-unsaturated/α-hetero) is 1. The van der Waals surface area contributed by atoms with Gasteiger partial charge in [0.05, 0.1) is 16.9 Å². The number of carbonyl (C=O) groups excluding carboxylic acids is 2. The summed E-state index contributed by atoms with van der Waals surface area (Å²) < 4.78 is 0. The Kier molecular flexibility index (Phi) is 10.1. The molecule has 4 saturated carbocycles. The number of pyridine rings is 1. The van der Waals surface area contributed by atoms with Crippen LogP contribution in [0.25, 0.3) is 11.0 Å². The van der Waals surface area contributed by atoms with Gasteiger partial charge in [0.15, 0.2) is 11.6 Å². The Bertz CT molecular complexity index is 1110. The van der Waals surface area contributed by atoms with Crippen LogP contribution >= 0.6 is 0 Å². The number of H-pyrrole nitrogens is 1. The molecule has 0 radical (unpaired) electrons. The first-order chi connectivity index (χ1) is 18.0. The van der Waals surface area contributed by atoms with Crippen LogP contribution in [0.1, 0.15) is 83.0 Å². The predicted octanol–water partition coefficient (Wildman–Crippen LogP) is 4.16. The topological polar surface area (TPSA) is 151 Å². The molecule has 2 unspecified atom stereocenters. The van der Waals surface area contributed by atoms with Crippen LogP contribution in [0.15, 0.2) is 23.5 Å². The maximum Gasteiger partial charge on any atom is 0.282 e. The number of nitrogens with zero attached hydrogens (tertiary/aromatic N) is 3. The number of ketones is 1. The second kappa shape index (κ2) is 12.8. The highest BCUT2D eigenvalue weighted by Gasteiger charge is 2.54. The molecule has 1 amide bonds. The standard InChI is InChI=1S/C11H11N5O2.C9H14O.C7H15N.C2H6/c1-5(17)9(13)16-11(18)7-4-15-10-6(8(7)12)2-3-14-10;10-9-3-6-1-7(4-9)8(2-6)5-9;1-7-3-5-8(2)6-4-7;1-2/h2-4H,1H3,(H3,12,14,15)(H2,13,16,18);6-8,10H,1-5H2;7H,3-6H2,1-2H3;1-2H3. The number of piperidine rings is 1. The first-order valence-electron chi connectivity index (χ1n) is 14.1. The number of aromatic nitrogens is 2. The van der Waals surface area contributed by atoms with E-state index in [-0.39, 0.29) is 22.7 Å². The number of carbonyl (C=O) groups is 2. The number of aliphatic imine (C=N–C) groups is 1. The highest BCUT2D eigenvalue weighted by Crippen LogP contribution is 2.59. The van der Waals surface area contributed by atoms with Crippen molar-refractivity contribution in [2.75, 3.05) is 25.9 Å². The minimum Gasteiger partial charge on any atom is -0.397 e. The molecule has 38 heavy (non-hydrogen) atoms. The Morgan fingerprint density at radius 2 is 1.76 bits per heavy atom. The first-order valence-corrected chi connectivity index (χ1v) is 14.1. The SMILES string of the molecule is CC.CC(=O)C(N)=NC(=O)c1cnc2[nH]ccc2c1N.CC1CCN(C)CC1.OC12CC3CC(C1)C(C3)C2. The van der Waals surface area contributed by atoms with Crippen LogP contribution in [-0.4, -0.2) is 63.2 Å². The van der Waals surface area contributed by atoms with Gasteiger partial charge in [0.1, 0.15) is 5.65 Å². The van der Waals surface area contributed by atoms with Gasteiger partial charge in [-0.2, -0.15) is 4.99 Å². The third-order valence-electron chi connectivity index (χ3n) is 8.34. The van der Waals surface area contributed by atoms with E-state index in [9.17, 15) is 14.7 Å². The van der Waals surface area contributed by atoms with Crippen molar-refractivity contribution in [3.05, 3.63) is 24.0 Å². The quantitative estimate of drug-likeness (QED) is 0.339. The van der Waals surface area contributed by atoms with E-state index in [0.29, 0.717) is 11.0 Å². The molecular weight excluding hydrogens is 480 g/mol. The molecule has 2 aromatic heterocycles. The lowest BCUT2D eigenvalue weighted by molar-refractivity contribution is -0.111. The lowest BCUT2D eigenvalue weighted by Gasteiger charge is -2.33. The molecule has 9 heteroatoms. The van der Waals surface area contributed by atoms with Crippen molar-refractivity contribution in [2.45, 2.75) is 78.2 Å². The lowest BCUT2D eigenvalue weighted by Crippen LogP contribution is -2.33. The fraction of sp³-hybridized carbons (Fsp3) is 0.655. The van der Waals surface area contributed by atoms with E-state index in [2.05, 4.69) is 33.8 Å². The van der Waals surface area contributed by atoms with E-state index in [4.69, 9.17) is 11.5 Å². The van der Waals surface area contributed by atoms with Crippen LogP contribution in [0.2, 0.25) is 0 Å². The number of amidine groups is 1. The van der Waals surface area contributed by atoms with Gasteiger partial charge in [-0.1, -0.05) is 20.8 Å². The van der Waals surface area contributed by atoms with Gasteiger partial charge in [0, 0.05) is 24.7 Å². The second-order valence-electron chi connectivity index (χ2n) is 11.4. The minimum absolute atomic E-state index is 0.117. The monoisotopic (exact) mass is 526 g/mol. The van der Waals surface area contributed by atoms with Crippen LogP contribution < -0.4 is 11.5 Å². The highest BCUT2D eigenvalue weighted by atomic mass is 16.3. The van der Waals surface area contributed by atoms with Crippen molar-refractivity contribution in [2.24, 2.45) is 34.4 Å². The Morgan fingerprint density at radius 1 is 1.16 bits per heavy atom. The molecule has 210 valence electrons. The van der Waals surface area contributed by atoms with Gasteiger partial charge in [-0.3, -0.25) is 9.59 Å². The van der Waals surface area contributed by atoms with Crippen molar-refractivity contribution < 1.29 is 14.7 Å². The second-order valence-corrected chi connectivity index (χ2v) is 11.4. The summed E-state index contributed by atoms with van der Waals surface area (Å²) in [4.78, 5) is 35.5. The van der Waals surface area contributed by atoms with E-state index in [1.165, 1.54) is 51.9 Å². The van der Waals surface area contributed by atoms with Crippen LogP contribution in [0.5, 0.6) is 0 Å².